The molecule has 4 atom stereocenters. The topological polar surface area (TPSA) is 83.9 Å². The minimum absolute atomic E-state index is 0.0657. The van der Waals surface area contributed by atoms with Crippen LogP contribution in [-0.4, -0.2) is 60.5 Å². The van der Waals surface area contributed by atoms with E-state index in [0.29, 0.717) is 25.7 Å². The van der Waals surface area contributed by atoms with E-state index < -0.39 is 0 Å². The van der Waals surface area contributed by atoms with Gasteiger partial charge in [-0.2, -0.15) is 0 Å². The molecule has 12 aromatic rings. The summed E-state index contributed by atoms with van der Waals surface area (Å²) >= 11 is 0. The summed E-state index contributed by atoms with van der Waals surface area (Å²) in [5, 5.41) is 31.2. The van der Waals surface area contributed by atoms with Crippen LogP contribution >= 0.6 is 0 Å². The summed E-state index contributed by atoms with van der Waals surface area (Å²) in [7, 11) is 4.44. The van der Waals surface area contributed by atoms with E-state index in [2.05, 4.69) is 363 Å². The Morgan fingerprint density at radius 1 is 0.306 bits per heavy atom. The average molecular weight is 1440 g/mol. The lowest BCUT2D eigenvalue weighted by atomic mass is 9.79. The van der Waals surface area contributed by atoms with Crippen molar-refractivity contribution in [2.75, 3.05) is 40.5 Å². The molecule has 556 valence electrons. The third-order valence-corrected chi connectivity index (χ3v) is 22.4. The molecule has 2 N–H and O–H groups in total. The van der Waals surface area contributed by atoms with Crippen molar-refractivity contribution in [3.05, 3.63) is 343 Å². The monoisotopic (exact) mass is 1430 g/mol. The van der Waals surface area contributed by atoms with Crippen LogP contribution in [0.4, 0.5) is 0 Å². The lowest BCUT2D eigenvalue weighted by molar-refractivity contribution is 0.195. The van der Waals surface area contributed by atoms with Crippen LogP contribution in [0.15, 0.2) is 243 Å². The Hall–Kier alpha value is -10.1. The van der Waals surface area contributed by atoms with Gasteiger partial charge in [-0.1, -0.05) is 314 Å². The van der Waals surface area contributed by atoms with Gasteiger partial charge < -0.3 is 29.2 Å². The number of hydrogen-bond acceptors (Lipinski definition) is 8. The molecule has 4 unspecified atom stereocenters. The highest BCUT2D eigenvalue weighted by atomic mass is 16.5. The first kappa shape index (κ1) is 76.1. The van der Waals surface area contributed by atoms with Crippen LogP contribution in [0.5, 0.6) is 34.5 Å². The SMILES string of the molecule is CC(c1ccccc1)N(C)C(c1ccccc1)c1c(OCCOc2c3cc(C(C)(C)C)cc2Cc2cc(C(C)(C)C)cc(c2O)Cc2cc(C(C)(C)C)cc(c2OCCOc2ccc4ccccc4c2C(c2ccccc2)N(C)C(C)c2ccccc2)Cc2cc(C(C)(C)C)cc(c2O)C3)ccc2ccccc12. The van der Waals surface area contributed by atoms with E-state index in [-0.39, 0.29) is 83.8 Å². The number of hydrogen-bond donors (Lipinski definition) is 2. The highest BCUT2D eigenvalue weighted by Gasteiger charge is 2.34. The Morgan fingerprint density at radius 2 is 0.556 bits per heavy atom. The zero-order chi connectivity index (χ0) is 76.4. The molecule has 8 bridgehead atoms. The summed E-state index contributed by atoms with van der Waals surface area (Å²) < 4.78 is 29.1. The van der Waals surface area contributed by atoms with E-state index in [9.17, 15) is 10.2 Å². The predicted octanol–water partition coefficient (Wildman–Crippen LogP) is 23.8. The maximum absolute atomic E-state index is 13.4. The second kappa shape index (κ2) is 31.6. The Labute approximate surface area is 643 Å². The van der Waals surface area contributed by atoms with Gasteiger partial charge in [0.25, 0.3) is 0 Å². The molecule has 0 aliphatic heterocycles. The molecular formula is C100H110N2O6. The molecule has 13 rings (SSSR count). The van der Waals surface area contributed by atoms with Crippen molar-refractivity contribution < 1.29 is 29.2 Å². The maximum atomic E-state index is 13.4. The van der Waals surface area contributed by atoms with Crippen molar-refractivity contribution in [3.63, 3.8) is 0 Å². The van der Waals surface area contributed by atoms with Crippen molar-refractivity contribution in [2.24, 2.45) is 0 Å². The number of phenolic OH excluding ortho intramolecular Hbond substituents is 2. The zero-order valence-corrected chi connectivity index (χ0v) is 66.5. The Kier molecular flexibility index (Phi) is 22.3. The van der Waals surface area contributed by atoms with Gasteiger partial charge in [-0.05, 0) is 172 Å². The third-order valence-electron chi connectivity index (χ3n) is 22.4. The van der Waals surface area contributed by atoms with E-state index in [0.717, 1.165) is 122 Å². The number of benzene rings is 12. The summed E-state index contributed by atoms with van der Waals surface area (Å²) in [6.45, 7) is 32.5. The quantitative estimate of drug-likeness (QED) is 0.0731. The molecule has 0 heterocycles. The Bertz CT molecular complexity index is 4720. The van der Waals surface area contributed by atoms with Crippen molar-refractivity contribution >= 4 is 21.5 Å². The van der Waals surface area contributed by atoms with E-state index in [1.165, 1.54) is 22.3 Å². The van der Waals surface area contributed by atoms with Gasteiger partial charge in [-0.15, -0.1) is 0 Å². The summed E-state index contributed by atoms with van der Waals surface area (Å²) in [5.41, 5.74) is 17.3. The second-order valence-electron chi connectivity index (χ2n) is 34.2. The summed E-state index contributed by atoms with van der Waals surface area (Å²) in [4.78, 5) is 4.92. The minimum atomic E-state index is -0.293. The molecule has 8 heteroatoms. The molecule has 108 heavy (non-hydrogen) atoms. The first-order valence-electron chi connectivity index (χ1n) is 38.8. The zero-order valence-electron chi connectivity index (χ0n) is 66.5. The van der Waals surface area contributed by atoms with Gasteiger partial charge in [0.1, 0.15) is 60.9 Å². The fraction of sp³-hybridized carbons (Fsp3) is 0.320. The van der Waals surface area contributed by atoms with Gasteiger partial charge in [-0.25, -0.2) is 0 Å². The van der Waals surface area contributed by atoms with E-state index in [1.807, 2.05) is 0 Å². The number of rotatable bonds is 20. The van der Waals surface area contributed by atoms with E-state index >= 15 is 0 Å². The van der Waals surface area contributed by atoms with Gasteiger partial charge in [0, 0.05) is 48.9 Å². The summed E-state index contributed by atoms with van der Waals surface area (Å²) in [6.07, 6.45) is 1.47. The first-order chi connectivity index (χ1) is 51.6. The van der Waals surface area contributed by atoms with Crippen LogP contribution in [0, 0.1) is 0 Å². The number of nitrogens with zero attached hydrogens (tertiary/aromatic N) is 2. The number of ether oxygens (including phenoxy) is 4. The van der Waals surface area contributed by atoms with Gasteiger partial charge in [-0.3, -0.25) is 9.80 Å². The van der Waals surface area contributed by atoms with Crippen LogP contribution in [0.3, 0.4) is 0 Å². The summed E-state index contributed by atoms with van der Waals surface area (Å²) in [5.74, 6) is 3.51. The van der Waals surface area contributed by atoms with Gasteiger partial charge >= 0.3 is 0 Å². The van der Waals surface area contributed by atoms with Crippen LogP contribution in [0.25, 0.3) is 21.5 Å². The third kappa shape index (κ3) is 16.6. The van der Waals surface area contributed by atoms with E-state index in [1.54, 1.807) is 0 Å². The smallest absolute Gasteiger partial charge is 0.126 e. The average Bonchev–Trinajstić information content (AvgIpc) is 0.772. The highest BCUT2D eigenvalue weighted by Crippen LogP contribution is 2.48. The van der Waals surface area contributed by atoms with Crippen molar-refractivity contribution in [1.82, 2.24) is 9.80 Å². The van der Waals surface area contributed by atoms with Crippen LogP contribution in [0.1, 0.15) is 221 Å². The number of fused-ring (bicyclic) bond motifs is 10. The molecule has 0 spiro atoms. The molecular weight excluding hydrogens is 1330 g/mol. The van der Waals surface area contributed by atoms with Crippen LogP contribution in [0.2, 0.25) is 0 Å². The molecule has 0 radical (unpaired) electrons. The molecule has 0 aromatic heterocycles. The van der Waals surface area contributed by atoms with Gasteiger partial charge in [0.15, 0.2) is 0 Å². The Balaban J connectivity index is 0.906. The molecule has 12 aromatic carbocycles. The molecule has 0 fully saturated rings. The fourth-order valence-corrected chi connectivity index (χ4v) is 15.8. The maximum Gasteiger partial charge on any atom is 0.126 e. The minimum Gasteiger partial charge on any atom is -0.507 e. The van der Waals surface area contributed by atoms with E-state index in [4.69, 9.17) is 18.9 Å². The number of phenols is 2. The predicted molar refractivity (Wildman–Crippen MR) is 447 cm³/mol. The van der Waals surface area contributed by atoms with Crippen LogP contribution < -0.4 is 18.9 Å². The van der Waals surface area contributed by atoms with Crippen LogP contribution in [-0.2, 0) is 47.3 Å². The molecule has 8 nitrogen and oxygen atoms in total. The first-order valence-corrected chi connectivity index (χ1v) is 38.8. The Morgan fingerprint density at radius 3 is 0.843 bits per heavy atom. The summed E-state index contributed by atoms with van der Waals surface area (Å²) in [6, 6.07) is 86.6. The van der Waals surface area contributed by atoms with Gasteiger partial charge in [0.05, 0.1) is 12.1 Å². The molecule has 1 aliphatic carbocycles. The lowest BCUT2D eigenvalue weighted by Gasteiger charge is -2.35. The molecule has 1 aliphatic rings. The normalized spacial score (nSPS) is 14.0. The largest absolute Gasteiger partial charge is 0.507 e. The molecule has 0 saturated carbocycles. The fourth-order valence-electron chi connectivity index (χ4n) is 15.8. The lowest BCUT2D eigenvalue weighted by Crippen LogP contribution is -2.29. The van der Waals surface area contributed by atoms with Crippen molar-refractivity contribution in [1.29, 1.82) is 0 Å². The van der Waals surface area contributed by atoms with Crippen molar-refractivity contribution in [3.8, 4) is 34.5 Å². The number of aromatic hydroxyl groups is 2. The second-order valence-corrected chi connectivity index (χ2v) is 34.2. The highest BCUT2D eigenvalue weighted by molar-refractivity contribution is 5.90. The molecule has 0 saturated heterocycles. The van der Waals surface area contributed by atoms with Gasteiger partial charge in [0.2, 0.25) is 0 Å². The standard InChI is InChI=1S/C100H110N2O6/c1-65(67-33-21-17-22-34-67)101(15)91(71-39-25-19-26-40-71)89-85-43-31-29-37-69(85)45-47-87(89)105-49-51-107-95-77-53-73-57-81(97(3,4)5)59-75(93(73)103)55-79-63-84(100(12,13)14)64-80(56-76-60-82(98(6,7)8)58-74(94(76)104)54-78(95)62-83(61-77)99(9,10)11)96(79)108-52-50-106-88-48-46-70-38-30-32-44-86(70)90(88)92(72-41-27-20-28-42-72)102(16)66(2)68-35-23-18-24-36-68/h17-48,57-66,91-92,103-104H,49-56H2,1-16H3. The molecule has 0 amide bonds. The van der Waals surface area contributed by atoms with Crippen molar-refractivity contribution in [2.45, 2.75) is 168 Å².